The van der Waals surface area contributed by atoms with Gasteiger partial charge >= 0.3 is 0 Å². The van der Waals surface area contributed by atoms with Crippen molar-refractivity contribution in [3.05, 3.63) is 17.5 Å². The summed E-state index contributed by atoms with van der Waals surface area (Å²) in [6.07, 6.45) is 7.43. The Bertz CT molecular complexity index is 492. The molecule has 2 rings (SSSR count). The van der Waals surface area contributed by atoms with Gasteiger partial charge in [0.05, 0.1) is 0 Å². The van der Waals surface area contributed by atoms with Crippen LogP contribution in [0.3, 0.4) is 0 Å². The third-order valence-corrected chi connectivity index (χ3v) is 4.75. The zero-order valence-electron chi connectivity index (χ0n) is 12.6. The normalized spacial score (nSPS) is 17.1. The van der Waals surface area contributed by atoms with Gasteiger partial charge in [-0.3, -0.25) is 4.79 Å². The van der Waals surface area contributed by atoms with Gasteiger partial charge < -0.3 is 16.0 Å². The first-order valence-electron chi connectivity index (χ1n) is 7.55. The van der Waals surface area contributed by atoms with E-state index >= 15 is 0 Å². The Morgan fingerprint density at radius 1 is 1.48 bits per heavy atom. The van der Waals surface area contributed by atoms with Crippen molar-refractivity contribution in [1.29, 1.82) is 0 Å². The SMILES string of the molecule is C=CCC(C)NC(=O)c1sc(N2CCCCCC2)nc1N. The molecule has 1 fully saturated rings. The molecular weight excluding hydrogens is 284 g/mol. The number of nitrogens with two attached hydrogens (primary N) is 1. The van der Waals surface area contributed by atoms with Gasteiger partial charge in [0.1, 0.15) is 10.7 Å². The minimum absolute atomic E-state index is 0.0538. The molecule has 5 nitrogen and oxygen atoms in total. The summed E-state index contributed by atoms with van der Waals surface area (Å²) in [5.74, 6) is 0.197. The van der Waals surface area contributed by atoms with E-state index in [0.29, 0.717) is 10.7 Å². The number of rotatable bonds is 5. The minimum atomic E-state index is -0.138. The van der Waals surface area contributed by atoms with Crippen molar-refractivity contribution in [2.75, 3.05) is 23.7 Å². The van der Waals surface area contributed by atoms with Gasteiger partial charge in [-0.15, -0.1) is 6.58 Å². The van der Waals surface area contributed by atoms with Gasteiger partial charge in [-0.05, 0) is 26.2 Å². The molecule has 1 saturated heterocycles. The van der Waals surface area contributed by atoms with Gasteiger partial charge in [0.15, 0.2) is 5.13 Å². The zero-order valence-corrected chi connectivity index (χ0v) is 13.4. The number of aromatic nitrogens is 1. The Kier molecular flexibility index (Phi) is 5.61. The molecule has 1 aliphatic heterocycles. The molecule has 6 heteroatoms. The molecule has 2 heterocycles. The van der Waals surface area contributed by atoms with Crippen LogP contribution in [0.5, 0.6) is 0 Å². The summed E-state index contributed by atoms with van der Waals surface area (Å²) in [6.45, 7) is 7.63. The van der Waals surface area contributed by atoms with E-state index in [9.17, 15) is 4.79 Å². The van der Waals surface area contributed by atoms with Crippen molar-refractivity contribution in [3.63, 3.8) is 0 Å². The summed E-state index contributed by atoms with van der Waals surface area (Å²) < 4.78 is 0. The van der Waals surface area contributed by atoms with Crippen molar-refractivity contribution in [1.82, 2.24) is 10.3 Å². The fourth-order valence-corrected chi connectivity index (χ4v) is 3.42. The molecule has 1 amide bonds. The Labute approximate surface area is 130 Å². The van der Waals surface area contributed by atoms with E-state index in [1.807, 2.05) is 6.92 Å². The molecule has 0 saturated carbocycles. The second-order valence-electron chi connectivity index (χ2n) is 5.51. The number of anilines is 2. The van der Waals surface area contributed by atoms with Crippen LogP contribution in [0.2, 0.25) is 0 Å². The molecule has 0 bridgehead atoms. The average molecular weight is 308 g/mol. The number of thiazole rings is 1. The maximum Gasteiger partial charge on any atom is 0.265 e. The van der Waals surface area contributed by atoms with Crippen LogP contribution in [0.15, 0.2) is 12.7 Å². The van der Waals surface area contributed by atoms with E-state index in [2.05, 4.69) is 21.8 Å². The highest BCUT2D eigenvalue weighted by Crippen LogP contribution is 2.29. The number of amides is 1. The zero-order chi connectivity index (χ0) is 15.2. The van der Waals surface area contributed by atoms with E-state index in [-0.39, 0.29) is 11.9 Å². The maximum absolute atomic E-state index is 12.2. The number of nitrogens with zero attached hydrogens (tertiary/aromatic N) is 2. The minimum Gasteiger partial charge on any atom is -0.382 e. The van der Waals surface area contributed by atoms with Crippen molar-refractivity contribution in [2.45, 2.75) is 45.1 Å². The monoisotopic (exact) mass is 308 g/mol. The smallest absolute Gasteiger partial charge is 0.265 e. The topological polar surface area (TPSA) is 71.2 Å². The molecule has 0 spiro atoms. The molecule has 3 N–H and O–H groups in total. The lowest BCUT2D eigenvalue weighted by atomic mass is 10.2. The molecule has 21 heavy (non-hydrogen) atoms. The molecule has 1 atom stereocenters. The van der Waals surface area contributed by atoms with Crippen LogP contribution in [0.25, 0.3) is 0 Å². The van der Waals surface area contributed by atoms with Gasteiger partial charge in [0, 0.05) is 19.1 Å². The molecule has 1 aromatic heterocycles. The predicted octanol–water partition coefficient (Wildman–Crippen LogP) is 2.80. The first-order valence-corrected chi connectivity index (χ1v) is 8.36. The lowest BCUT2D eigenvalue weighted by Gasteiger charge is -2.18. The van der Waals surface area contributed by atoms with Gasteiger partial charge in [-0.25, -0.2) is 4.98 Å². The van der Waals surface area contributed by atoms with Gasteiger partial charge in [-0.1, -0.05) is 30.3 Å². The summed E-state index contributed by atoms with van der Waals surface area (Å²) in [4.78, 5) is 19.4. The summed E-state index contributed by atoms with van der Waals surface area (Å²) in [7, 11) is 0. The number of nitrogens with one attached hydrogen (secondary N) is 1. The fourth-order valence-electron chi connectivity index (χ4n) is 2.48. The molecule has 0 aromatic carbocycles. The number of carbonyl (C=O) groups is 1. The molecule has 116 valence electrons. The number of hydrogen-bond acceptors (Lipinski definition) is 5. The van der Waals surface area contributed by atoms with Crippen LogP contribution >= 0.6 is 11.3 Å². The third-order valence-electron chi connectivity index (χ3n) is 3.62. The Hall–Kier alpha value is -1.56. The van der Waals surface area contributed by atoms with Crippen LogP contribution in [0.1, 0.15) is 48.7 Å². The molecule has 1 aliphatic rings. The van der Waals surface area contributed by atoms with Crippen LogP contribution in [0, 0.1) is 0 Å². The predicted molar refractivity (Wildman–Crippen MR) is 88.9 cm³/mol. The Morgan fingerprint density at radius 2 is 2.14 bits per heavy atom. The van der Waals surface area contributed by atoms with Crippen molar-refractivity contribution < 1.29 is 4.79 Å². The molecule has 1 aromatic rings. The first-order chi connectivity index (χ1) is 10.1. The molecule has 0 radical (unpaired) electrons. The first kappa shape index (κ1) is 15.8. The van der Waals surface area contributed by atoms with Gasteiger partial charge in [0.2, 0.25) is 0 Å². The highest BCUT2D eigenvalue weighted by atomic mass is 32.1. The number of carbonyl (C=O) groups excluding carboxylic acids is 1. The lowest BCUT2D eigenvalue weighted by molar-refractivity contribution is 0.0945. The molecule has 0 aliphatic carbocycles. The van der Waals surface area contributed by atoms with Crippen molar-refractivity contribution in [2.24, 2.45) is 0 Å². The second kappa shape index (κ2) is 7.45. The van der Waals surface area contributed by atoms with Crippen molar-refractivity contribution in [3.8, 4) is 0 Å². The van der Waals surface area contributed by atoms with Gasteiger partial charge in [0.25, 0.3) is 5.91 Å². The van der Waals surface area contributed by atoms with Crippen LogP contribution < -0.4 is 16.0 Å². The fraction of sp³-hybridized carbons (Fsp3) is 0.600. The maximum atomic E-state index is 12.2. The van der Waals surface area contributed by atoms with Gasteiger partial charge in [-0.2, -0.15) is 0 Å². The largest absolute Gasteiger partial charge is 0.382 e. The third kappa shape index (κ3) is 4.20. The quantitative estimate of drug-likeness (QED) is 0.821. The summed E-state index contributed by atoms with van der Waals surface area (Å²) in [5, 5.41) is 3.80. The highest BCUT2D eigenvalue weighted by molar-refractivity contribution is 7.18. The summed E-state index contributed by atoms with van der Waals surface area (Å²) in [5.41, 5.74) is 5.93. The van der Waals surface area contributed by atoms with Crippen LogP contribution in [0.4, 0.5) is 10.9 Å². The lowest BCUT2D eigenvalue weighted by Crippen LogP contribution is -2.32. The van der Waals surface area contributed by atoms with Crippen LogP contribution in [-0.4, -0.2) is 30.0 Å². The second-order valence-corrected chi connectivity index (χ2v) is 6.49. The number of nitrogen functional groups attached to an aromatic ring is 1. The average Bonchev–Trinajstić information content (AvgIpc) is 2.66. The summed E-state index contributed by atoms with van der Waals surface area (Å²) in [6, 6.07) is 0.0538. The summed E-state index contributed by atoms with van der Waals surface area (Å²) >= 11 is 1.40. The standard InChI is InChI=1S/C15H24N4OS/c1-3-8-11(2)17-14(20)12-13(16)18-15(21-12)19-9-6-4-5-7-10-19/h3,11H,1,4-10,16H2,2H3,(H,17,20). The van der Waals surface area contributed by atoms with E-state index < -0.39 is 0 Å². The highest BCUT2D eigenvalue weighted by Gasteiger charge is 2.21. The molecular formula is C15H24N4OS. The van der Waals surface area contributed by atoms with E-state index in [1.54, 1.807) is 6.08 Å². The Morgan fingerprint density at radius 3 is 2.76 bits per heavy atom. The van der Waals surface area contributed by atoms with E-state index in [1.165, 1.54) is 37.0 Å². The number of hydrogen-bond donors (Lipinski definition) is 2. The van der Waals surface area contributed by atoms with Crippen molar-refractivity contribution >= 4 is 28.2 Å². The molecule has 1 unspecified atom stereocenters. The Balaban J connectivity index is 2.07. The van der Waals surface area contributed by atoms with Crippen LogP contribution in [-0.2, 0) is 0 Å². The van der Waals surface area contributed by atoms with E-state index in [4.69, 9.17) is 5.73 Å². The van der Waals surface area contributed by atoms with E-state index in [0.717, 1.165) is 24.6 Å².